The molecule has 0 spiro atoms. The first-order valence-electron chi connectivity index (χ1n) is 8.71. The Balaban J connectivity index is 1.61. The first kappa shape index (κ1) is 17.6. The fourth-order valence-corrected chi connectivity index (χ4v) is 2.71. The van der Waals surface area contributed by atoms with E-state index in [4.69, 9.17) is 4.74 Å². The van der Waals surface area contributed by atoms with Crippen molar-refractivity contribution in [3.8, 4) is 5.75 Å². The van der Waals surface area contributed by atoms with Crippen LogP contribution in [0.5, 0.6) is 5.75 Å². The quantitative estimate of drug-likeness (QED) is 0.438. The number of hydrogen-bond acceptors (Lipinski definition) is 2. The van der Waals surface area contributed by atoms with Gasteiger partial charge in [0, 0.05) is 19.1 Å². The highest BCUT2D eigenvalue weighted by atomic mass is 19.1. The minimum Gasteiger partial charge on any atom is -0.494 e. The van der Waals surface area contributed by atoms with Crippen LogP contribution in [0.2, 0.25) is 0 Å². The average molecular weight is 321 g/mol. The van der Waals surface area contributed by atoms with Crippen molar-refractivity contribution in [2.75, 3.05) is 19.7 Å². The minimum atomic E-state index is -0.239. The first-order chi connectivity index (χ1) is 11.3. The molecule has 1 saturated carbocycles. The van der Waals surface area contributed by atoms with Gasteiger partial charge < -0.3 is 15.4 Å². The second-order valence-electron chi connectivity index (χ2n) is 5.90. The van der Waals surface area contributed by atoms with E-state index in [1.165, 1.54) is 37.8 Å². The molecule has 0 unspecified atom stereocenters. The molecule has 0 heterocycles. The molecule has 1 aromatic carbocycles. The SMILES string of the molecule is CCNC(=NCCCCOc1ccc(F)cc1)NC1CCCC1. The van der Waals surface area contributed by atoms with E-state index in [1.807, 2.05) is 0 Å². The standard InChI is InChI=1S/C18H28FN3O/c1-2-20-18(22-16-7-3-4-8-16)21-13-5-6-14-23-17-11-9-15(19)10-12-17/h9-12,16H,2-8,13-14H2,1H3,(H2,20,21,22). The fraction of sp³-hybridized carbons (Fsp3) is 0.611. The highest BCUT2D eigenvalue weighted by Crippen LogP contribution is 2.17. The molecule has 0 atom stereocenters. The van der Waals surface area contributed by atoms with Crippen LogP contribution in [-0.4, -0.2) is 31.7 Å². The van der Waals surface area contributed by atoms with Gasteiger partial charge in [-0.25, -0.2) is 4.39 Å². The second kappa shape index (κ2) is 10.1. The Labute approximate surface area is 138 Å². The maximum Gasteiger partial charge on any atom is 0.191 e. The van der Waals surface area contributed by atoms with E-state index >= 15 is 0 Å². The summed E-state index contributed by atoms with van der Waals surface area (Å²) < 4.78 is 18.4. The molecule has 2 rings (SSSR count). The number of ether oxygens (including phenoxy) is 1. The van der Waals surface area contributed by atoms with Gasteiger partial charge in [-0.05, 0) is 56.9 Å². The average Bonchev–Trinajstić information content (AvgIpc) is 3.05. The number of unbranched alkanes of at least 4 members (excludes halogenated alkanes) is 1. The lowest BCUT2D eigenvalue weighted by molar-refractivity contribution is 0.307. The van der Waals surface area contributed by atoms with Crippen LogP contribution in [-0.2, 0) is 0 Å². The summed E-state index contributed by atoms with van der Waals surface area (Å²) in [7, 11) is 0. The monoisotopic (exact) mass is 321 g/mol. The Hall–Kier alpha value is -1.78. The smallest absolute Gasteiger partial charge is 0.191 e. The lowest BCUT2D eigenvalue weighted by Crippen LogP contribution is -2.42. The zero-order chi connectivity index (χ0) is 16.3. The number of guanidine groups is 1. The Morgan fingerprint density at radius 2 is 1.96 bits per heavy atom. The Morgan fingerprint density at radius 1 is 1.22 bits per heavy atom. The fourth-order valence-electron chi connectivity index (χ4n) is 2.71. The van der Waals surface area contributed by atoms with Gasteiger partial charge in [0.1, 0.15) is 11.6 Å². The third-order valence-corrected chi connectivity index (χ3v) is 3.94. The van der Waals surface area contributed by atoms with E-state index in [-0.39, 0.29) is 5.82 Å². The number of nitrogens with one attached hydrogen (secondary N) is 2. The summed E-state index contributed by atoms with van der Waals surface area (Å²) in [4.78, 5) is 4.62. The Bertz CT molecular complexity index is 470. The molecular weight excluding hydrogens is 293 g/mol. The third-order valence-electron chi connectivity index (χ3n) is 3.94. The van der Waals surface area contributed by atoms with Gasteiger partial charge in [0.15, 0.2) is 5.96 Å². The van der Waals surface area contributed by atoms with Gasteiger partial charge in [-0.3, -0.25) is 4.99 Å². The second-order valence-corrected chi connectivity index (χ2v) is 5.90. The molecule has 23 heavy (non-hydrogen) atoms. The molecule has 0 saturated heterocycles. The van der Waals surface area contributed by atoms with Crippen molar-refractivity contribution in [2.45, 2.75) is 51.5 Å². The van der Waals surface area contributed by atoms with E-state index in [2.05, 4.69) is 22.5 Å². The molecule has 0 amide bonds. The molecule has 0 aromatic heterocycles. The van der Waals surface area contributed by atoms with Gasteiger partial charge in [-0.1, -0.05) is 12.8 Å². The summed E-state index contributed by atoms with van der Waals surface area (Å²) in [5.41, 5.74) is 0. The highest BCUT2D eigenvalue weighted by molar-refractivity contribution is 5.80. The number of rotatable bonds is 8. The molecule has 1 aromatic rings. The summed E-state index contributed by atoms with van der Waals surface area (Å²) in [5.74, 6) is 1.40. The number of aliphatic imine (C=N–C) groups is 1. The van der Waals surface area contributed by atoms with Crippen LogP contribution in [0, 0.1) is 5.82 Å². The van der Waals surface area contributed by atoms with Crippen LogP contribution < -0.4 is 15.4 Å². The van der Waals surface area contributed by atoms with Crippen LogP contribution in [0.15, 0.2) is 29.3 Å². The van der Waals surface area contributed by atoms with E-state index < -0.39 is 0 Å². The third kappa shape index (κ3) is 6.89. The number of benzene rings is 1. The van der Waals surface area contributed by atoms with Gasteiger partial charge >= 0.3 is 0 Å². The van der Waals surface area contributed by atoms with Gasteiger partial charge in [0.2, 0.25) is 0 Å². The van der Waals surface area contributed by atoms with Crippen molar-refractivity contribution in [3.63, 3.8) is 0 Å². The van der Waals surface area contributed by atoms with Crippen LogP contribution in [0.1, 0.15) is 45.4 Å². The molecule has 1 aliphatic rings. The molecule has 4 nitrogen and oxygen atoms in total. The van der Waals surface area contributed by atoms with Crippen molar-refractivity contribution < 1.29 is 9.13 Å². The van der Waals surface area contributed by atoms with Crippen LogP contribution in [0.25, 0.3) is 0 Å². The lowest BCUT2D eigenvalue weighted by Gasteiger charge is -2.16. The lowest BCUT2D eigenvalue weighted by atomic mass is 10.2. The largest absolute Gasteiger partial charge is 0.494 e. The normalized spacial score (nSPS) is 15.7. The predicted octanol–water partition coefficient (Wildman–Crippen LogP) is 3.48. The maximum atomic E-state index is 12.8. The molecule has 1 fully saturated rings. The van der Waals surface area contributed by atoms with Gasteiger partial charge in [0.25, 0.3) is 0 Å². The van der Waals surface area contributed by atoms with Crippen LogP contribution in [0.3, 0.4) is 0 Å². The molecular formula is C18H28FN3O. The number of nitrogens with zero attached hydrogens (tertiary/aromatic N) is 1. The predicted molar refractivity (Wildman–Crippen MR) is 92.5 cm³/mol. The molecule has 1 aliphatic carbocycles. The Morgan fingerprint density at radius 3 is 2.65 bits per heavy atom. The van der Waals surface area contributed by atoms with E-state index in [9.17, 15) is 4.39 Å². The highest BCUT2D eigenvalue weighted by Gasteiger charge is 2.15. The van der Waals surface area contributed by atoms with Crippen molar-refractivity contribution >= 4 is 5.96 Å². The van der Waals surface area contributed by atoms with Gasteiger partial charge in [-0.2, -0.15) is 0 Å². The summed E-state index contributed by atoms with van der Waals surface area (Å²) in [6.45, 7) is 4.39. The molecule has 2 N–H and O–H groups in total. The molecule has 0 aliphatic heterocycles. The summed E-state index contributed by atoms with van der Waals surface area (Å²) in [6.07, 6.45) is 7.04. The van der Waals surface area contributed by atoms with E-state index in [0.717, 1.165) is 31.9 Å². The summed E-state index contributed by atoms with van der Waals surface area (Å²) in [5, 5.41) is 6.81. The van der Waals surface area contributed by atoms with Crippen molar-refractivity contribution in [1.29, 1.82) is 0 Å². The van der Waals surface area contributed by atoms with Gasteiger partial charge in [0.05, 0.1) is 6.61 Å². The first-order valence-corrected chi connectivity index (χ1v) is 8.71. The zero-order valence-corrected chi connectivity index (χ0v) is 14.0. The van der Waals surface area contributed by atoms with Crippen molar-refractivity contribution in [2.24, 2.45) is 4.99 Å². The van der Waals surface area contributed by atoms with Gasteiger partial charge in [-0.15, -0.1) is 0 Å². The van der Waals surface area contributed by atoms with Crippen LogP contribution >= 0.6 is 0 Å². The zero-order valence-electron chi connectivity index (χ0n) is 14.0. The molecule has 5 heteroatoms. The molecule has 0 radical (unpaired) electrons. The Kier molecular flexibility index (Phi) is 7.70. The number of hydrogen-bond donors (Lipinski definition) is 2. The summed E-state index contributed by atoms with van der Waals surface area (Å²) >= 11 is 0. The molecule has 128 valence electrons. The molecule has 0 bridgehead atoms. The van der Waals surface area contributed by atoms with Crippen molar-refractivity contribution in [1.82, 2.24) is 10.6 Å². The van der Waals surface area contributed by atoms with Crippen LogP contribution in [0.4, 0.5) is 4.39 Å². The summed E-state index contributed by atoms with van der Waals surface area (Å²) in [6, 6.07) is 6.72. The maximum absolute atomic E-state index is 12.8. The minimum absolute atomic E-state index is 0.239. The van der Waals surface area contributed by atoms with E-state index in [1.54, 1.807) is 12.1 Å². The topological polar surface area (TPSA) is 45.7 Å². The number of halogens is 1. The van der Waals surface area contributed by atoms with Crippen molar-refractivity contribution in [3.05, 3.63) is 30.1 Å². The van der Waals surface area contributed by atoms with E-state index in [0.29, 0.717) is 18.4 Å².